The number of nitrogens with two attached hydrogens (primary N) is 1. The van der Waals surface area contributed by atoms with Gasteiger partial charge >= 0.3 is 0 Å². The molecule has 0 aliphatic heterocycles. The standard InChI is InChI=1S/C14H14BrN3O/c15-13-11(5-3-6-12(13)16)14(19)18-9-7-10-4-1-2-8-17-10/h1-6,8H,7,9,16H2,(H,18,19). The fourth-order valence-electron chi connectivity index (χ4n) is 1.67. The van der Waals surface area contributed by atoms with Gasteiger partial charge in [0.15, 0.2) is 0 Å². The Morgan fingerprint density at radius 3 is 2.84 bits per heavy atom. The molecule has 3 N–H and O–H groups in total. The minimum Gasteiger partial charge on any atom is -0.398 e. The van der Waals surface area contributed by atoms with Crippen LogP contribution in [0.25, 0.3) is 0 Å². The number of nitrogens with one attached hydrogen (secondary N) is 1. The van der Waals surface area contributed by atoms with Crippen LogP contribution in [0.2, 0.25) is 0 Å². The van der Waals surface area contributed by atoms with Crippen molar-refractivity contribution in [3.05, 3.63) is 58.3 Å². The summed E-state index contributed by atoms with van der Waals surface area (Å²) in [4.78, 5) is 16.2. The van der Waals surface area contributed by atoms with E-state index in [1.807, 2.05) is 18.2 Å². The highest BCUT2D eigenvalue weighted by Gasteiger charge is 2.10. The highest BCUT2D eigenvalue weighted by molar-refractivity contribution is 9.10. The molecular formula is C14H14BrN3O. The van der Waals surface area contributed by atoms with E-state index in [1.54, 1.807) is 24.4 Å². The minimum absolute atomic E-state index is 0.143. The maximum Gasteiger partial charge on any atom is 0.252 e. The number of hydrogen-bond acceptors (Lipinski definition) is 3. The van der Waals surface area contributed by atoms with Crippen LogP contribution in [0.4, 0.5) is 5.69 Å². The minimum atomic E-state index is -0.143. The molecule has 1 aromatic carbocycles. The number of amides is 1. The fourth-order valence-corrected chi connectivity index (χ4v) is 2.11. The molecule has 0 bridgehead atoms. The molecule has 0 spiro atoms. The topological polar surface area (TPSA) is 68.0 Å². The van der Waals surface area contributed by atoms with Crippen LogP contribution in [0, 0.1) is 0 Å². The number of pyridine rings is 1. The van der Waals surface area contributed by atoms with Crippen LogP contribution in [-0.2, 0) is 6.42 Å². The van der Waals surface area contributed by atoms with Crippen LogP contribution >= 0.6 is 15.9 Å². The summed E-state index contributed by atoms with van der Waals surface area (Å²) in [6.45, 7) is 0.539. The van der Waals surface area contributed by atoms with E-state index in [9.17, 15) is 4.79 Å². The predicted octanol–water partition coefficient (Wildman–Crippen LogP) is 2.40. The van der Waals surface area contributed by atoms with Crippen molar-refractivity contribution in [1.82, 2.24) is 10.3 Å². The van der Waals surface area contributed by atoms with E-state index in [0.29, 0.717) is 28.7 Å². The van der Waals surface area contributed by atoms with Gasteiger partial charge in [-0.15, -0.1) is 0 Å². The van der Waals surface area contributed by atoms with Crippen LogP contribution in [0.15, 0.2) is 47.1 Å². The quantitative estimate of drug-likeness (QED) is 0.850. The van der Waals surface area contributed by atoms with Gasteiger partial charge in [-0.05, 0) is 40.2 Å². The summed E-state index contributed by atoms with van der Waals surface area (Å²) in [6, 6.07) is 11.0. The second-order valence-corrected chi connectivity index (χ2v) is 4.83. The summed E-state index contributed by atoms with van der Waals surface area (Å²) >= 11 is 3.32. The van der Waals surface area contributed by atoms with Gasteiger partial charge in [-0.3, -0.25) is 9.78 Å². The summed E-state index contributed by atoms with van der Waals surface area (Å²) in [5.74, 6) is -0.143. The monoisotopic (exact) mass is 319 g/mol. The van der Waals surface area contributed by atoms with E-state index in [-0.39, 0.29) is 5.91 Å². The molecule has 0 saturated carbocycles. The lowest BCUT2D eigenvalue weighted by Crippen LogP contribution is -2.26. The molecule has 4 nitrogen and oxygen atoms in total. The summed E-state index contributed by atoms with van der Waals surface area (Å²) in [7, 11) is 0. The normalized spacial score (nSPS) is 10.2. The number of benzene rings is 1. The molecule has 1 heterocycles. The van der Waals surface area contributed by atoms with E-state index >= 15 is 0 Å². The largest absolute Gasteiger partial charge is 0.398 e. The maximum atomic E-state index is 12.0. The van der Waals surface area contributed by atoms with Crippen molar-refractivity contribution >= 4 is 27.5 Å². The van der Waals surface area contributed by atoms with Gasteiger partial charge in [0.25, 0.3) is 5.91 Å². The molecule has 2 rings (SSSR count). The first-order valence-corrected chi connectivity index (χ1v) is 6.70. The Kier molecular flexibility index (Phi) is 4.52. The first-order chi connectivity index (χ1) is 9.18. The third kappa shape index (κ3) is 3.54. The molecule has 0 fully saturated rings. The maximum absolute atomic E-state index is 12.0. The zero-order valence-corrected chi connectivity index (χ0v) is 11.9. The second-order valence-electron chi connectivity index (χ2n) is 4.04. The van der Waals surface area contributed by atoms with Gasteiger partial charge in [0, 0.05) is 30.5 Å². The first kappa shape index (κ1) is 13.5. The Labute approximate surface area is 120 Å². The molecule has 0 saturated heterocycles. The molecule has 0 aliphatic carbocycles. The highest BCUT2D eigenvalue weighted by Crippen LogP contribution is 2.23. The number of aromatic nitrogens is 1. The number of carbonyl (C=O) groups excluding carboxylic acids is 1. The van der Waals surface area contributed by atoms with Crippen molar-refractivity contribution < 1.29 is 4.79 Å². The molecule has 0 aliphatic rings. The van der Waals surface area contributed by atoms with Crippen molar-refractivity contribution in [3.8, 4) is 0 Å². The number of hydrogen-bond donors (Lipinski definition) is 2. The summed E-state index contributed by atoms with van der Waals surface area (Å²) in [5.41, 5.74) is 7.79. The smallest absolute Gasteiger partial charge is 0.252 e. The summed E-state index contributed by atoms with van der Waals surface area (Å²) in [5, 5.41) is 2.85. The number of carbonyl (C=O) groups is 1. The molecule has 0 unspecified atom stereocenters. The Bertz CT molecular complexity index is 572. The fraction of sp³-hybridized carbons (Fsp3) is 0.143. The predicted molar refractivity (Wildman–Crippen MR) is 78.8 cm³/mol. The average Bonchev–Trinajstić information content (AvgIpc) is 2.43. The molecule has 5 heteroatoms. The van der Waals surface area contributed by atoms with E-state index < -0.39 is 0 Å². The van der Waals surface area contributed by atoms with Gasteiger partial charge in [0.05, 0.1) is 10.0 Å². The SMILES string of the molecule is Nc1cccc(C(=O)NCCc2ccccn2)c1Br. The Balaban J connectivity index is 1.93. The Morgan fingerprint density at radius 2 is 2.11 bits per heavy atom. The van der Waals surface area contributed by atoms with Gasteiger partial charge in [-0.2, -0.15) is 0 Å². The lowest BCUT2D eigenvalue weighted by Gasteiger charge is -2.08. The molecular weight excluding hydrogens is 306 g/mol. The van der Waals surface area contributed by atoms with Crippen LogP contribution in [0.3, 0.4) is 0 Å². The Morgan fingerprint density at radius 1 is 1.26 bits per heavy atom. The highest BCUT2D eigenvalue weighted by atomic mass is 79.9. The first-order valence-electron chi connectivity index (χ1n) is 5.90. The average molecular weight is 320 g/mol. The zero-order valence-electron chi connectivity index (χ0n) is 10.3. The van der Waals surface area contributed by atoms with Crippen LogP contribution in [-0.4, -0.2) is 17.4 Å². The van der Waals surface area contributed by atoms with E-state index in [2.05, 4.69) is 26.2 Å². The van der Waals surface area contributed by atoms with Gasteiger partial charge in [0.2, 0.25) is 0 Å². The van der Waals surface area contributed by atoms with Gasteiger partial charge in [0.1, 0.15) is 0 Å². The van der Waals surface area contributed by atoms with Gasteiger partial charge in [-0.25, -0.2) is 0 Å². The van der Waals surface area contributed by atoms with Crippen LogP contribution < -0.4 is 11.1 Å². The lowest BCUT2D eigenvalue weighted by molar-refractivity contribution is 0.0953. The molecule has 0 radical (unpaired) electrons. The number of nitrogen functional groups attached to an aromatic ring is 1. The molecule has 1 aromatic heterocycles. The molecule has 0 atom stereocenters. The third-order valence-corrected chi connectivity index (χ3v) is 3.55. The van der Waals surface area contributed by atoms with Gasteiger partial charge < -0.3 is 11.1 Å². The number of nitrogens with zero attached hydrogens (tertiary/aromatic N) is 1. The molecule has 1 amide bonds. The van der Waals surface area contributed by atoms with Crippen molar-refractivity contribution in [2.45, 2.75) is 6.42 Å². The van der Waals surface area contributed by atoms with Crippen molar-refractivity contribution in [1.29, 1.82) is 0 Å². The molecule has 2 aromatic rings. The number of anilines is 1. The second kappa shape index (κ2) is 6.33. The molecule has 98 valence electrons. The van der Waals surface area contributed by atoms with Crippen LogP contribution in [0.5, 0.6) is 0 Å². The van der Waals surface area contributed by atoms with Crippen LogP contribution in [0.1, 0.15) is 16.1 Å². The van der Waals surface area contributed by atoms with Gasteiger partial charge in [-0.1, -0.05) is 12.1 Å². The summed E-state index contributed by atoms with van der Waals surface area (Å²) < 4.78 is 0.630. The summed E-state index contributed by atoms with van der Waals surface area (Å²) in [6.07, 6.45) is 2.44. The van der Waals surface area contributed by atoms with E-state index in [0.717, 1.165) is 5.69 Å². The lowest BCUT2D eigenvalue weighted by atomic mass is 10.2. The third-order valence-electron chi connectivity index (χ3n) is 2.67. The number of halogens is 1. The molecule has 19 heavy (non-hydrogen) atoms. The number of rotatable bonds is 4. The van der Waals surface area contributed by atoms with E-state index in [1.165, 1.54) is 0 Å². The van der Waals surface area contributed by atoms with E-state index in [4.69, 9.17) is 5.73 Å². The Hall–Kier alpha value is -1.88. The van der Waals surface area contributed by atoms with Crippen molar-refractivity contribution in [2.75, 3.05) is 12.3 Å². The van der Waals surface area contributed by atoms with Crippen molar-refractivity contribution in [3.63, 3.8) is 0 Å². The zero-order chi connectivity index (χ0) is 13.7. The van der Waals surface area contributed by atoms with Crippen molar-refractivity contribution in [2.24, 2.45) is 0 Å².